The van der Waals surface area contributed by atoms with Gasteiger partial charge in [0, 0.05) is 13.1 Å². The molecule has 6 nitrogen and oxygen atoms in total. The van der Waals surface area contributed by atoms with E-state index in [1.165, 1.54) is 24.6 Å². The topological polar surface area (TPSA) is 64.2 Å². The van der Waals surface area contributed by atoms with Crippen LogP contribution in [0.1, 0.15) is 31.2 Å². The maximum Gasteiger partial charge on any atom is 0.383 e. The number of rotatable bonds is 6. The summed E-state index contributed by atoms with van der Waals surface area (Å²) in [6, 6.07) is 10.7. The summed E-state index contributed by atoms with van der Waals surface area (Å²) in [5.41, 5.74) is 1.44. The Balaban J connectivity index is 1.49. The molecule has 2 aromatic rings. The van der Waals surface area contributed by atoms with Gasteiger partial charge in [-0.3, -0.25) is 4.57 Å². The minimum Gasteiger partial charge on any atom is -0.358 e. The number of aromatic nitrogens is 2. The molecule has 0 unspecified atom stereocenters. The van der Waals surface area contributed by atoms with Crippen molar-refractivity contribution in [1.82, 2.24) is 14.5 Å². The lowest BCUT2D eigenvalue weighted by atomic mass is 9.89. The highest BCUT2D eigenvalue weighted by Gasteiger charge is 2.23. The Morgan fingerprint density at radius 1 is 1.28 bits per heavy atom. The number of hydrogen-bond donors (Lipinski definition) is 0. The maximum absolute atomic E-state index is 10.8. The van der Waals surface area contributed by atoms with E-state index < -0.39 is 4.92 Å². The second-order valence-corrected chi connectivity index (χ2v) is 7.21. The van der Waals surface area contributed by atoms with Crippen molar-refractivity contribution in [2.24, 2.45) is 5.92 Å². The summed E-state index contributed by atoms with van der Waals surface area (Å²) in [4.78, 5) is 16.5. The number of likely N-dealkylation sites (tertiary alicyclic amines) is 1. The standard InChI is InChI=1S/C18H23ClN4O2/c1-14(12-22-13-17(23(24)25)20-18(22)19)11-21-9-7-16(8-10-21)15-5-3-2-4-6-15/h2-6,13-14,16H,7-12H2,1H3/t14-/m0/s1. The van der Waals surface area contributed by atoms with Gasteiger partial charge < -0.3 is 15.0 Å². The highest BCUT2D eigenvalue weighted by atomic mass is 35.5. The van der Waals surface area contributed by atoms with E-state index in [0.717, 1.165) is 19.6 Å². The zero-order valence-corrected chi connectivity index (χ0v) is 15.1. The molecule has 1 aliphatic heterocycles. The Labute approximate surface area is 152 Å². The van der Waals surface area contributed by atoms with E-state index in [1.807, 2.05) is 0 Å². The summed E-state index contributed by atoms with van der Waals surface area (Å²) >= 11 is 6.00. The summed E-state index contributed by atoms with van der Waals surface area (Å²) in [5, 5.41) is 11.0. The number of hydrogen-bond acceptors (Lipinski definition) is 4. The minimum absolute atomic E-state index is 0.182. The molecule has 0 radical (unpaired) electrons. The Bertz CT molecular complexity index is 711. The Morgan fingerprint density at radius 2 is 1.96 bits per heavy atom. The molecule has 0 N–H and O–H groups in total. The zero-order chi connectivity index (χ0) is 17.8. The fourth-order valence-corrected chi connectivity index (χ4v) is 3.81. The Kier molecular flexibility index (Phi) is 5.71. The van der Waals surface area contributed by atoms with E-state index in [4.69, 9.17) is 11.6 Å². The number of nitrogens with zero attached hydrogens (tertiary/aromatic N) is 4. The maximum atomic E-state index is 10.8. The quantitative estimate of drug-likeness (QED) is 0.576. The van der Waals surface area contributed by atoms with Crippen LogP contribution in [-0.4, -0.2) is 39.0 Å². The SMILES string of the molecule is C[C@@H](CN1CCC(c2ccccc2)CC1)Cn1cc([N+](=O)[O-])nc1Cl. The zero-order valence-electron chi connectivity index (χ0n) is 14.3. The van der Waals surface area contributed by atoms with Crippen molar-refractivity contribution in [1.29, 1.82) is 0 Å². The fraction of sp³-hybridized carbons (Fsp3) is 0.500. The van der Waals surface area contributed by atoms with Crippen LogP contribution in [-0.2, 0) is 6.54 Å². The molecule has 1 aliphatic rings. The highest BCUT2D eigenvalue weighted by molar-refractivity contribution is 6.28. The van der Waals surface area contributed by atoms with Crippen LogP contribution in [0.2, 0.25) is 5.28 Å². The van der Waals surface area contributed by atoms with Crippen LogP contribution in [0.15, 0.2) is 36.5 Å². The van der Waals surface area contributed by atoms with Gasteiger partial charge in [-0.15, -0.1) is 0 Å². The largest absolute Gasteiger partial charge is 0.383 e. The average molecular weight is 363 g/mol. The van der Waals surface area contributed by atoms with Gasteiger partial charge in [0.15, 0.2) is 0 Å². The summed E-state index contributed by atoms with van der Waals surface area (Å²) in [6.45, 7) is 5.91. The van der Waals surface area contributed by atoms with Crippen LogP contribution < -0.4 is 0 Å². The predicted molar refractivity (Wildman–Crippen MR) is 97.9 cm³/mol. The fourth-order valence-electron chi connectivity index (χ4n) is 3.60. The van der Waals surface area contributed by atoms with Gasteiger partial charge in [0.2, 0.25) is 0 Å². The van der Waals surface area contributed by atoms with Gasteiger partial charge in [-0.25, -0.2) is 0 Å². The second kappa shape index (κ2) is 7.97. The molecule has 134 valence electrons. The summed E-state index contributed by atoms with van der Waals surface area (Å²) in [6.07, 6.45) is 3.77. The molecule has 2 heterocycles. The molecular weight excluding hydrogens is 340 g/mol. The summed E-state index contributed by atoms with van der Waals surface area (Å²) in [5.74, 6) is 0.805. The van der Waals surface area contributed by atoms with Crippen molar-refractivity contribution in [3.05, 3.63) is 57.5 Å². The molecule has 25 heavy (non-hydrogen) atoms. The van der Waals surface area contributed by atoms with E-state index in [9.17, 15) is 10.1 Å². The van der Waals surface area contributed by atoms with E-state index >= 15 is 0 Å². The molecule has 0 spiro atoms. The third-order valence-electron chi connectivity index (χ3n) is 4.84. The van der Waals surface area contributed by atoms with Crippen LogP contribution in [0, 0.1) is 16.0 Å². The number of nitro groups is 1. The van der Waals surface area contributed by atoms with Crippen molar-refractivity contribution in [2.75, 3.05) is 19.6 Å². The molecule has 7 heteroatoms. The second-order valence-electron chi connectivity index (χ2n) is 6.87. The van der Waals surface area contributed by atoms with Gasteiger partial charge in [-0.1, -0.05) is 37.3 Å². The number of halogens is 1. The van der Waals surface area contributed by atoms with Crippen molar-refractivity contribution in [2.45, 2.75) is 32.2 Å². The van der Waals surface area contributed by atoms with Crippen molar-refractivity contribution in [3.63, 3.8) is 0 Å². The first-order valence-electron chi connectivity index (χ1n) is 8.67. The van der Waals surface area contributed by atoms with E-state index in [0.29, 0.717) is 18.4 Å². The lowest BCUT2D eigenvalue weighted by Crippen LogP contribution is -2.36. The van der Waals surface area contributed by atoms with Crippen LogP contribution in [0.5, 0.6) is 0 Å². The normalized spacial score (nSPS) is 17.5. The van der Waals surface area contributed by atoms with E-state index in [1.54, 1.807) is 4.57 Å². The lowest BCUT2D eigenvalue weighted by molar-refractivity contribution is -0.389. The highest BCUT2D eigenvalue weighted by Crippen LogP contribution is 2.28. The molecule has 0 aliphatic carbocycles. The molecule has 3 rings (SSSR count). The van der Waals surface area contributed by atoms with Gasteiger partial charge >= 0.3 is 11.1 Å². The third kappa shape index (κ3) is 4.58. The lowest BCUT2D eigenvalue weighted by Gasteiger charge is -2.33. The van der Waals surface area contributed by atoms with Gasteiger partial charge in [-0.05, 0) is 64.8 Å². The van der Waals surface area contributed by atoms with E-state index in [-0.39, 0.29) is 11.1 Å². The molecular formula is C18H23ClN4O2. The first-order chi connectivity index (χ1) is 12.0. The Hall–Kier alpha value is -1.92. The first-order valence-corrected chi connectivity index (χ1v) is 9.05. The van der Waals surface area contributed by atoms with Gasteiger partial charge in [0.1, 0.15) is 6.20 Å². The minimum atomic E-state index is -0.512. The smallest absolute Gasteiger partial charge is 0.358 e. The molecule has 0 bridgehead atoms. The number of imidazole rings is 1. The molecule has 0 amide bonds. The first kappa shape index (κ1) is 17.9. The molecule has 1 aromatic carbocycles. The van der Waals surface area contributed by atoms with Crippen molar-refractivity contribution < 1.29 is 4.92 Å². The van der Waals surface area contributed by atoms with Crippen LogP contribution in [0.3, 0.4) is 0 Å². The molecule has 1 aromatic heterocycles. The average Bonchev–Trinajstić information content (AvgIpc) is 2.97. The molecule has 0 saturated carbocycles. The number of benzene rings is 1. The van der Waals surface area contributed by atoms with E-state index in [2.05, 4.69) is 47.1 Å². The van der Waals surface area contributed by atoms with Crippen molar-refractivity contribution >= 4 is 17.4 Å². The molecule has 1 atom stereocenters. The van der Waals surface area contributed by atoms with Crippen LogP contribution >= 0.6 is 11.6 Å². The van der Waals surface area contributed by atoms with Crippen LogP contribution in [0.4, 0.5) is 5.82 Å². The summed E-state index contributed by atoms with van der Waals surface area (Å²) in [7, 11) is 0. The molecule has 1 fully saturated rings. The predicted octanol–water partition coefficient (Wildman–Crippen LogP) is 3.96. The number of piperidine rings is 1. The molecule has 1 saturated heterocycles. The van der Waals surface area contributed by atoms with Gasteiger partial charge in [0.25, 0.3) is 0 Å². The van der Waals surface area contributed by atoms with Gasteiger partial charge in [-0.2, -0.15) is 0 Å². The van der Waals surface area contributed by atoms with Crippen molar-refractivity contribution in [3.8, 4) is 0 Å². The Morgan fingerprint density at radius 3 is 2.56 bits per heavy atom. The third-order valence-corrected chi connectivity index (χ3v) is 5.14. The summed E-state index contributed by atoms with van der Waals surface area (Å²) < 4.78 is 1.67. The van der Waals surface area contributed by atoms with Crippen LogP contribution in [0.25, 0.3) is 0 Å². The van der Waals surface area contributed by atoms with Gasteiger partial charge in [0.05, 0.1) is 0 Å². The monoisotopic (exact) mass is 362 g/mol.